The number of likely N-dealkylation sites (tertiary alicyclic amines) is 1. The lowest BCUT2D eigenvalue weighted by atomic mass is 9.93. The standard InChI is InChI=1S/C17H35N5O/c1-6-19-16(20-9-10-21-17(2,3)4)22-11-7-14(8-12-22)13-15(23)18-5/h14,21H,6-13H2,1-5H3,(H,18,23)(H,19,20). The SMILES string of the molecule is CCNC(=NCCNC(C)(C)C)N1CCC(CC(=O)NC)CC1. The van der Waals surface area contributed by atoms with Crippen molar-refractivity contribution in [1.29, 1.82) is 0 Å². The van der Waals surface area contributed by atoms with E-state index >= 15 is 0 Å². The molecule has 1 heterocycles. The van der Waals surface area contributed by atoms with Crippen LogP contribution in [0.2, 0.25) is 0 Å². The van der Waals surface area contributed by atoms with E-state index < -0.39 is 0 Å². The van der Waals surface area contributed by atoms with Gasteiger partial charge < -0.3 is 20.9 Å². The second-order valence-electron chi connectivity index (χ2n) is 7.22. The third-order valence-corrected chi connectivity index (χ3v) is 4.03. The molecule has 0 atom stereocenters. The highest BCUT2D eigenvalue weighted by atomic mass is 16.1. The quantitative estimate of drug-likeness (QED) is 0.390. The lowest BCUT2D eigenvalue weighted by molar-refractivity contribution is -0.121. The molecule has 1 rings (SSSR count). The predicted molar refractivity (Wildman–Crippen MR) is 96.7 cm³/mol. The lowest BCUT2D eigenvalue weighted by Gasteiger charge is -2.34. The third-order valence-electron chi connectivity index (χ3n) is 4.03. The monoisotopic (exact) mass is 325 g/mol. The maximum absolute atomic E-state index is 11.5. The molecule has 6 heteroatoms. The lowest BCUT2D eigenvalue weighted by Crippen LogP contribution is -2.46. The zero-order valence-electron chi connectivity index (χ0n) is 15.5. The normalized spacial score (nSPS) is 17.3. The largest absolute Gasteiger partial charge is 0.359 e. The Hall–Kier alpha value is -1.30. The first kappa shape index (κ1) is 19.7. The molecule has 1 aliphatic heterocycles. The van der Waals surface area contributed by atoms with Crippen LogP contribution < -0.4 is 16.0 Å². The van der Waals surface area contributed by atoms with Crippen molar-refractivity contribution >= 4 is 11.9 Å². The van der Waals surface area contributed by atoms with E-state index in [9.17, 15) is 4.79 Å². The molecule has 0 saturated carbocycles. The van der Waals surface area contributed by atoms with Gasteiger partial charge in [0.2, 0.25) is 5.91 Å². The van der Waals surface area contributed by atoms with Crippen molar-refractivity contribution in [2.24, 2.45) is 10.9 Å². The van der Waals surface area contributed by atoms with Gasteiger partial charge in [-0.05, 0) is 46.5 Å². The molecule has 134 valence electrons. The molecule has 0 spiro atoms. The fraction of sp³-hybridized carbons (Fsp3) is 0.882. The molecule has 3 N–H and O–H groups in total. The van der Waals surface area contributed by atoms with Gasteiger partial charge in [0.25, 0.3) is 0 Å². The highest BCUT2D eigenvalue weighted by molar-refractivity contribution is 5.80. The van der Waals surface area contributed by atoms with Crippen LogP contribution in [0.4, 0.5) is 0 Å². The van der Waals surface area contributed by atoms with E-state index in [2.05, 4.69) is 48.5 Å². The molecule has 1 fully saturated rings. The van der Waals surface area contributed by atoms with Crippen LogP contribution in [0.25, 0.3) is 0 Å². The molecule has 23 heavy (non-hydrogen) atoms. The number of nitrogens with zero attached hydrogens (tertiary/aromatic N) is 2. The van der Waals surface area contributed by atoms with Crippen molar-refractivity contribution in [3.63, 3.8) is 0 Å². The first-order chi connectivity index (χ1) is 10.9. The van der Waals surface area contributed by atoms with Gasteiger partial charge in [-0.25, -0.2) is 0 Å². The predicted octanol–water partition coefficient (Wildman–Crippen LogP) is 1.19. The zero-order valence-corrected chi connectivity index (χ0v) is 15.5. The molecular weight excluding hydrogens is 290 g/mol. The first-order valence-electron chi connectivity index (χ1n) is 8.84. The van der Waals surface area contributed by atoms with Crippen molar-refractivity contribution in [1.82, 2.24) is 20.9 Å². The van der Waals surface area contributed by atoms with Crippen LogP contribution in [0.5, 0.6) is 0 Å². The molecule has 0 aromatic carbocycles. The summed E-state index contributed by atoms with van der Waals surface area (Å²) in [6, 6.07) is 0. The summed E-state index contributed by atoms with van der Waals surface area (Å²) >= 11 is 0. The first-order valence-corrected chi connectivity index (χ1v) is 8.84. The Labute approximate surface area is 141 Å². The zero-order chi connectivity index (χ0) is 17.3. The summed E-state index contributed by atoms with van der Waals surface area (Å²) in [6.45, 7) is 13.1. The highest BCUT2D eigenvalue weighted by Gasteiger charge is 2.23. The van der Waals surface area contributed by atoms with Crippen molar-refractivity contribution in [2.75, 3.05) is 39.8 Å². The van der Waals surface area contributed by atoms with Crippen LogP contribution in [0.1, 0.15) is 47.0 Å². The van der Waals surface area contributed by atoms with E-state index in [1.165, 1.54) is 0 Å². The Bertz CT molecular complexity index is 381. The third kappa shape index (κ3) is 8.21. The van der Waals surface area contributed by atoms with Gasteiger partial charge in [0.15, 0.2) is 5.96 Å². The van der Waals surface area contributed by atoms with Gasteiger partial charge in [-0.3, -0.25) is 9.79 Å². The van der Waals surface area contributed by atoms with E-state index in [4.69, 9.17) is 4.99 Å². The van der Waals surface area contributed by atoms with E-state index in [0.717, 1.165) is 51.5 Å². The van der Waals surface area contributed by atoms with Gasteiger partial charge >= 0.3 is 0 Å². The molecule has 1 saturated heterocycles. The number of carbonyl (C=O) groups is 1. The van der Waals surface area contributed by atoms with E-state index in [1.54, 1.807) is 7.05 Å². The summed E-state index contributed by atoms with van der Waals surface area (Å²) in [5.41, 5.74) is 0.131. The number of nitrogens with one attached hydrogen (secondary N) is 3. The smallest absolute Gasteiger partial charge is 0.220 e. The molecule has 0 radical (unpaired) electrons. The minimum Gasteiger partial charge on any atom is -0.359 e. The fourth-order valence-electron chi connectivity index (χ4n) is 2.73. The number of amides is 1. The average Bonchev–Trinajstić information content (AvgIpc) is 2.50. The molecule has 1 aliphatic rings. The Balaban J connectivity index is 2.44. The minimum atomic E-state index is 0.131. The maximum atomic E-state index is 11.5. The Morgan fingerprint density at radius 1 is 1.26 bits per heavy atom. The van der Waals surface area contributed by atoms with Gasteiger partial charge in [-0.1, -0.05) is 0 Å². The van der Waals surface area contributed by atoms with E-state index in [1.807, 2.05) is 0 Å². The van der Waals surface area contributed by atoms with Crippen LogP contribution in [0.15, 0.2) is 4.99 Å². The number of guanidine groups is 1. The van der Waals surface area contributed by atoms with Crippen LogP contribution in [-0.4, -0.2) is 62.1 Å². The highest BCUT2D eigenvalue weighted by Crippen LogP contribution is 2.20. The average molecular weight is 326 g/mol. The molecule has 0 aromatic heterocycles. The molecule has 6 nitrogen and oxygen atoms in total. The Morgan fingerprint density at radius 2 is 1.91 bits per heavy atom. The van der Waals surface area contributed by atoms with Crippen molar-refractivity contribution in [2.45, 2.75) is 52.5 Å². The number of hydrogen-bond acceptors (Lipinski definition) is 3. The number of hydrogen-bond donors (Lipinski definition) is 3. The van der Waals surface area contributed by atoms with Crippen molar-refractivity contribution in [3.8, 4) is 0 Å². The summed E-state index contributed by atoms with van der Waals surface area (Å²) in [7, 11) is 1.71. The topological polar surface area (TPSA) is 68.8 Å². The Morgan fingerprint density at radius 3 is 2.43 bits per heavy atom. The number of aliphatic imine (C=N–C) groups is 1. The second-order valence-corrected chi connectivity index (χ2v) is 7.22. The fourth-order valence-corrected chi connectivity index (χ4v) is 2.73. The molecular formula is C17H35N5O. The van der Waals surface area contributed by atoms with Crippen LogP contribution in [0.3, 0.4) is 0 Å². The van der Waals surface area contributed by atoms with Crippen LogP contribution in [-0.2, 0) is 4.79 Å². The van der Waals surface area contributed by atoms with Crippen LogP contribution in [0, 0.1) is 5.92 Å². The minimum absolute atomic E-state index is 0.131. The molecule has 1 amide bonds. The number of rotatable bonds is 6. The van der Waals surface area contributed by atoms with Crippen molar-refractivity contribution < 1.29 is 4.79 Å². The van der Waals surface area contributed by atoms with Gasteiger partial charge in [0, 0.05) is 45.2 Å². The maximum Gasteiger partial charge on any atom is 0.220 e. The van der Waals surface area contributed by atoms with Gasteiger partial charge in [0.1, 0.15) is 0 Å². The number of piperidine rings is 1. The summed E-state index contributed by atoms with van der Waals surface area (Å²) in [4.78, 5) is 18.5. The molecule has 0 aromatic rings. The second kappa shape index (κ2) is 9.75. The summed E-state index contributed by atoms with van der Waals surface area (Å²) in [6.07, 6.45) is 2.75. The summed E-state index contributed by atoms with van der Waals surface area (Å²) in [5.74, 6) is 1.65. The van der Waals surface area contributed by atoms with Crippen molar-refractivity contribution in [3.05, 3.63) is 0 Å². The number of carbonyl (C=O) groups excluding carboxylic acids is 1. The molecule has 0 bridgehead atoms. The Kier molecular flexibility index (Phi) is 8.37. The van der Waals surface area contributed by atoms with Gasteiger partial charge in [-0.15, -0.1) is 0 Å². The van der Waals surface area contributed by atoms with Gasteiger partial charge in [-0.2, -0.15) is 0 Å². The van der Waals surface area contributed by atoms with Gasteiger partial charge in [0.05, 0.1) is 6.54 Å². The molecule has 0 unspecified atom stereocenters. The van der Waals surface area contributed by atoms with Crippen LogP contribution >= 0.6 is 0 Å². The van der Waals surface area contributed by atoms with E-state index in [-0.39, 0.29) is 11.4 Å². The molecule has 0 aliphatic carbocycles. The summed E-state index contributed by atoms with van der Waals surface area (Å²) < 4.78 is 0. The summed E-state index contributed by atoms with van der Waals surface area (Å²) in [5, 5.41) is 9.56. The van der Waals surface area contributed by atoms with E-state index in [0.29, 0.717) is 12.3 Å².